The predicted molar refractivity (Wildman–Crippen MR) is 90.7 cm³/mol. The summed E-state index contributed by atoms with van der Waals surface area (Å²) in [4.78, 5) is 1.51. The number of rotatable bonds is 1. The standard InChI is InChI=1S/C12H17N2OPS3/c1-14-12-10(8-6-4-5-7-9(8)19-12)11(15-2)13-16(14,17)18-3/h4-7H2,1-3H3/t16-/m0/s1. The van der Waals surface area contributed by atoms with Gasteiger partial charge in [0.1, 0.15) is 5.00 Å². The average Bonchev–Trinajstić information content (AvgIpc) is 2.82. The van der Waals surface area contributed by atoms with Gasteiger partial charge in [0.25, 0.3) is 0 Å². The molecule has 3 rings (SSSR count). The summed E-state index contributed by atoms with van der Waals surface area (Å²) in [6, 6.07) is 0. The largest absolute Gasteiger partial charge is 0.480 e. The molecule has 3 nitrogen and oxygen atoms in total. The van der Waals surface area contributed by atoms with Gasteiger partial charge in [0, 0.05) is 11.9 Å². The molecule has 0 N–H and O–H groups in total. The van der Waals surface area contributed by atoms with Crippen molar-refractivity contribution in [2.24, 2.45) is 4.76 Å². The molecule has 1 aliphatic carbocycles. The van der Waals surface area contributed by atoms with Crippen LogP contribution >= 0.6 is 28.3 Å². The number of nitrogens with zero attached hydrogens (tertiary/aromatic N) is 2. The molecular weight excluding hydrogens is 315 g/mol. The Labute approximate surface area is 127 Å². The van der Waals surface area contributed by atoms with Crippen molar-refractivity contribution in [1.82, 2.24) is 0 Å². The molecule has 0 spiro atoms. The van der Waals surface area contributed by atoms with Crippen LogP contribution in [0.5, 0.6) is 0 Å². The molecule has 0 amide bonds. The topological polar surface area (TPSA) is 24.8 Å². The summed E-state index contributed by atoms with van der Waals surface area (Å²) >= 11 is 9.35. The molecule has 0 radical (unpaired) electrons. The second-order valence-electron chi connectivity index (χ2n) is 4.70. The maximum absolute atomic E-state index is 5.78. The van der Waals surface area contributed by atoms with Crippen molar-refractivity contribution in [3.8, 4) is 0 Å². The van der Waals surface area contributed by atoms with Gasteiger partial charge in [-0.2, -0.15) is 4.76 Å². The van der Waals surface area contributed by atoms with E-state index in [1.54, 1.807) is 18.5 Å². The van der Waals surface area contributed by atoms with Gasteiger partial charge < -0.3 is 9.41 Å². The second kappa shape index (κ2) is 5.06. The van der Waals surface area contributed by atoms with E-state index in [0.717, 1.165) is 12.3 Å². The van der Waals surface area contributed by atoms with Crippen molar-refractivity contribution >= 4 is 51.0 Å². The fourth-order valence-corrected chi connectivity index (χ4v) is 7.81. The van der Waals surface area contributed by atoms with Crippen LogP contribution < -0.4 is 4.67 Å². The van der Waals surface area contributed by atoms with Crippen LogP contribution in [0.1, 0.15) is 28.8 Å². The Morgan fingerprint density at radius 1 is 1.42 bits per heavy atom. The Hall–Kier alpha value is -0.0300. The zero-order valence-electron chi connectivity index (χ0n) is 11.3. The van der Waals surface area contributed by atoms with Crippen molar-refractivity contribution in [2.75, 3.05) is 25.1 Å². The molecule has 1 atom stereocenters. The van der Waals surface area contributed by atoms with E-state index < -0.39 is 5.54 Å². The summed E-state index contributed by atoms with van der Waals surface area (Å²) in [7, 11) is 3.80. The minimum atomic E-state index is -1.94. The highest BCUT2D eigenvalue weighted by atomic mass is 32.9. The summed E-state index contributed by atoms with van der Waals surface area (Å²) in [6.45, 7) is 0. The van der Waals surface area contributed by atoms with Gasteiger partial charge >= 0.3 is 0 Å². The second-order valence-corrected chi connectivity index (χ2v) is 12.8. The van der Waals surface area contributed by atoms with Gasteiger partial charge in [0.2, 0.25) is 11.4 Å². The number of fused-ring (bicyclic) bond motifs is 3. The van der Waals surface area contributed by atoms with Gasteiger partial charge in [0.05, 0.1) is 12.7 Å². The van der Waals surface area contributed by atoms with Gasteiger partial charge in [0.15, 0.2) is 0 Å². The predicted octanol–water partition coefficient (Wildman–Crippen LogP) is 4.06. The fraction of sp³-hybridized carbons (Fsp3) is 0.583. The molecule has 0 saturated heterocycles. The van der Waals surface area contributed by atoms with E-state index >= 15 is 0 Å². The Kier molecular flexibility index (Phi) is 3.71. The van der Waals surface area contributed by atoms with E-state index in [2.05, 4.69) is 11.7 Å². The lowest BCUT2D eigenvalue weighted by molar-refractivity contribution is 0.405. The van der Waals surface area contributed by atoms with E-state index in [1.165, 1.54) is 40.3 Å². The number of thiophene rings is 1. The van der Waals surface area contributed by atoms with Gasteiger partial charge in [-0.15, -0.1) is 11.3 Å². The van der Waals surface area contributed by atoms with Crippen LogP contribution in [0.3, 0.4) is 0 Å². The summed E-state index contributed by atoms with van der Waals surface area (Å²) < 4.78 is 12.6. The lowest BCUT2D eigenvalue weighted by Crippen LogP contribution is -2.20. The van der Waals surface area contributed by atoms with E-state index in [9.17, 15) is 0 Å². The molecule has 0 aromatic carbocycles. The third kappa shape index (κ3) is 2.08. The number of methoxy groups -OCH3 is 1. The highest BCUT2D eigenvalue weighted by Crippen LogP contribution is 2.67. The quantitative estimate of drug-likeness (QED) is 0.724. The van der Waals surface area contributed by atoms with Crippen molar-refractivity contribution in [3.05, 3.63) is 16.0 Å². The van der Waals surface area contributed by atoms with E-state index in [1.807, 2.05) is 17.6 Å². The first kappa shape index (κ1) is 13.9. The molecule has 19 heavy (non-hydrogen) atoms. The van der Waals surface area contributed by atoms with Crippen LogP contribution in [0.4, 0.5) is 5.00 Å². The Morgan fingerprint density at radius 2 is 2.16 bits per heavy atom. The molecule has 0 saturated carbocycles. The molecule has 1 aromatic rings. The molecule has 7 heteroatoms. The first-order valence-electron chi connectivity index (χ1n) is 6.30. The third-order valence-electron chi connectivity index (χ3n) is 3.69. The number of hydrogen-bond acceptors (Lipinski definition) is 4. The number of ether oxygens (including phenoxy) is 1. The van der Waals surface area contributed by atoms with Gasteiger partial charge in [-0.1, -0.05) is 11.4 Å². The van der Waals surface area contributed by atoms with E-state index in [0.29, 0.717) is 0 Å². The van der Waals surface area contributed by atoms with Crippen LogP contribution in [-0.2, 0) is 29.4 Å². The SMILES string of the molecule is COC1=N[P@](=S)(SC)N(C)c2sc3c(c21)CCCC3. The van der Waals surface area contributed by atoms with Crippen LogP contribution in [0.15, 0.2) is 4.76 Å². The highest BCUT2D eigenvalue weighted by molar-refractivity contribution is 8.70. The molecule has 1 aliphatic heterocycles. The van der Waals surface area contributed by atoms with Crippen molar-refractivity contribution in [3.63, 3.8) is 0 Å². The summed E-state index contributed by atoms with van der Waals surface area (Å²) in [5.74, 6) is 0.769. The maximum Gasteiger partial charge on any atom is 0.225 e. The van der Waals surface area contributed by atoms with Crippen LogP contribution in [0.2, 0.25) is 0 Å². The summed E-state index contributed by atoms with van der Waals surface area (Å²) in [5.41, 5.74) is 0.740. The van der Waals surface area contributed by atoms with E-state index in [-0.39, 0.29) is 0 Å². The van der Waals surface area contributed by atoms with Gasteiger partial charge in [-0.3, -0.25) is 0 Å². The van der Waals surface area contributed by atoms with Crippen molar-refractivity contribution in [2.45, 2.75) is 25.7 Å². The normalized spacial score (nSPS) is 25.6. The minimum Gasteiger partial charge on any atom is -0.480 e. The Morgan fingerprint density at radius 3 is 2.84 bits per heavy atom. The van der Waals surface area contributed by atoms with Crippen molar-refractivity contribution < 1.29 is 4.74 Å². The molecule has 0 unspecified atom stereocenters. The number of hydrogen-bond donors (Lipinski definition) is 0. The zero-order valence-corrected chi connectivity index (χ0v) is 14.6. The number of anilines is 1. The Balaban J connectivity index is 2.21. The molecule has 1 aromatic heterocycles. The molecule has 2 aliphatic rings. The summed E-state index contributed by atoms with van der Waals surface area (Å²) in [6.07, 6.45) is 6.96. The van der Waals surface area contributed by atoms with Gasteiger partial charge in [-0.05, 0) is 49.3 Å². The average molecular weight is 332 g/mol. The highest BCUT2D eigenvalue weighted by Gasteiger charge is 2.36. The van der Waals surface area contributed by atoms with Crippen LogP contribution in [-0.4, -0.2) is 26.3 Å². The molecular formula is C12H17N2OPS3. The first-order valence-corrected chi connectivity index (χ1v) is 11.6. The summed E-state index contributed by atoms with van der Waals surface area (Å²) in [5, 5.41) is 1.27. The minimum absolute atomic E-state index is 0.769. The fourth-order valence-electron chi connectivity index (χ4n) is 2.65. The van der Waals surface area contributed by atoms with Crippen molar-refractivity contribution in [1.29, 1.82) is 0 Å². The van der Waals surface area contributed by atoms with E-state index in [4.69, 9.17) is 21.3 Å². The molecule has 0 fully saturated rings. The zero-order chi connectivity index (χ0) is 13.6. The Bertz CT molecular complexity index is 596. The lowest BCUT2D eigenvalue weighted by atomic mass is 9.95. The smallest absolute Gasteiger partial charge is 0.225 e. The maximum atomic E-state index is 5.78. The third-order valence-corrected chi connectivity index (χ3v) is 11.8. The first-order chi connectivity index (χ1) is 9.10. The molecule has 2 heterocycles. The number of aryl methyl sites for hydroxylation is 1. The molecule has 104 valence electrons. The van der Waals surface area contributed by atoms with Gasteiger partial charge in [-0.25, -0.2) is 0 Å². The molecule has 0 bridgehead atoms. The van der Waals surface area contributed by atoms with Crippen LogP contribution in [0.25, 0.3) is 0 Å². The monoisotopic (exact) mass is 332 g/mol. The lowest BCUT2D eigenvalue weighted by Gasteiger charge is -2.32. The van der Waals surface area contributed by atoms with Crippen LogP contribution in [0, 0.1) is 0 Å².